The minimum atomic E-state index is 0.374. The van der Waals surface area contributed by atoms with E-state index in [-0.39, 0.29) is 0 Å². The second-order valence-electron chi connectivity index (χ2n) is 7.08. The van der Waals surface area contributed by atoms with Crippen LogP contribution in [-0.4, -0.2) is 41.4 Å². The Labute approximate surface area is 189 Å². The average Bonchev–Trinajstić information content (AvgIpc) is 2.80. The van der Waals surface area contributed by atoms with Gasteiger partial charge in [0.1, 0.15) is 5.75 Å². The molecule has 1 aliphatic heterocycles. The predicted octanol–water partition coefficient (Wildman–Crippen LogP) is 4.82. The molecule has 9 heteroatoms. The lowest BCUT2D eigenvalue weighted by atomic mass is 10.1. The first-order valence-electron chi connectivity index (χ1n) is 10.2. The van der Waals surface area contributed by atoms with Crippen molar-refractivity contribution in [2.24, 2.45) is 5.10 Å². The first kappa shape index (κ1) is 21.0. The van der Waals surface area contributed by atoms with E-state index in [4.69, 9.17) is 4.74 Å². The van der Waals surface area contributed by atoms with E-state index >= 15 is 0 Å². The monoisotopic (exact) mass is 481 g/mol. The van der Waals surface area contributed by atoms with Crippen LogP contribution in [0.25, 0.3) is 0 Å². The van der Waals surface area contributed by atoms with Crippen molar-refractivity contribution >= 4 is 45.7 Å². The first-order valence-corrected chi connectivity index (χ1v) is 11.0. The molecule has 0 amide bonds. The number of nitrogens with one attached hydrogen (secondary N) is 2. The molecular formula is C22H24BrN7O. The third-order valence-electron chi connectivity index (χ3n) is 4.85. The topological polar surface area (TPSA) is 87.6 Å². The average molecular weight is 482 g/mol. The van der Waals surface area contributed by atoms with Crippen molar-refractivity contribution in [2.75, 3.05) is 35.8 Å². The van der Waals surface area contributed by atoms with Crippen LogP contribution in [-0.2, 0) is 0 Å². The number of hydrogen-bond donors (Lipinski definition) is 2. The fourth-order valence-electron chi connectivity index (χ4n) is 3.32. The highest BCUT2D eigenvalue weighted by Crippen LogP contribution is 2.22. The summed E-state index contributed by atoms with van der Waals surface area (Å²) in [4.78, 5) is 15.9. The zero-order valence-corrected chi connectivity index (χ0v) is 18.8. The van der Waals surface area contributed by atoms with Gasteiger partial charge in [-0.2, -0.15) is 20.1 Å². The molecule has 1 aliphatic rings. The molecule has 0 bridgehead atoms. The van der Waals surface area contributed by atoms with Crippen molar-refractivity contribution in [3.63, 3.8) is 0 Å². The summed E-state index contributed by atoms with van der Waals surface area (Å²) in [5, 5.41) is 7.57. The largest absolute Gasteiger partial charge is 0.496 e. The van der Waals surface area contributed by atoms with E-state index < -0.39 is 0 Å². The van der Waals surface area contributed by atoms with Crippen LogP contribution in [0.4, 0.5) is 23.5 Å². The van der Waals surface area contributed by atoms with Gasteiger partial charge < -0.3 is 15.0 Å². The Hall–Kier alpha value is -3.20. The van der Waals surface area contributed by atoms with Gasteiger partial charge in [-0.1, -0.05) is 34.1 Å². The molecular weight excluding hydrogens is 458 g/mol. The Bertz CT molecular complexity index is 1040. The van der Waals surface area contributed by atoms with Gasteiger partial charge in [-0.15, -0.1) is 0 Å². The standard InChI is InChI=1S/C22H24BrN7O/c1-31-19-11-10-17(23)14-16(19)15-24-29-21-26-20(25-18-8-4-2-5-9-18)27-22(28-21)30-12-6-3-7-13-30/h2,4-5,8-11,14-15H,3,6-7,12-13H2,1H3,(H2,25,26,27,28,29)/b24-15-. The number of benzene rings is 2. The van der Waals surface area contributed by atoms with Gasteiger partial charge in [0.25, 0.3) is 0 Å². The van der Waals surface area contributed by atoms with E-state index in [1.54, 1.807) is 13.3 Å². The Kier molecular flexibility index (Phi) is 6.93. The molecule has 0 spiro atoms. The molecule has 0 unspecified atom stereocenters. The van der Waals surface area contributed by atoms with Crippen LogP contribution in [0, 0.1) is 0 Å². The molecule has 1 saturated heterocycles. The van der Waals surface area contributed by atoms with Crippen molar-refractivity contribution in [3.05, 3.63) is 58.6 Å². The molecule has 2 N–H and O–H groups in total. The van der Waals surface area contributed by atoms with Gasteiger partial charge in [0.2, 0.25) is 17.8 Å². The van der Waals surface area contributed by atoms with E-state index in [0.717, 1.165) is 47.4 Å². The highest BCUT2D eigenvalue weighted by atomic mass is 79.9. The molecule has 2 heterocycles. The van der Waals surface area contributed by atoms with E-state index in [2.05, 4.69) is 51.6 Å². The number of para-hydroxylation sites is 1. The number of methoxy groups -OCH3 is 1. The number of halogens is 1. The fourth-order valence-corrected chi connectivity index (χ4v) is 3.70. The van der Waals surface area contributed by atoms with Gasteiger partial charge in [-0.25, -0.2) is 5.43 Å². The van der Waals surface area contributed by atoms with Crippen LogP contribution in [0.15, 0.2) is 58.1 Å². The molecule has 1 aromatic heterocycles. The van der Waals surface area contributed by atoms with Crippen LogP contribution in [0.1, 0.15) is 24.8 Å². The molecule has 4 rings (SSSR count). The minimum Gasteiger partial charge on any atom is -0.496 e. The number of hydrazone groups is 1. The highest BCUT2D eigenvalue weighted by molar-refractivity contribution is 9.10. The van der Waals surface area contributed by atoms with Crippen LogP contribution in [0.2, 0.25) is 0 Å². The summed E-state index contributed by atoms with van der Waals surface area (Å²) < 4.78 is 6.33. The van der Waals surface area contributed by atoms with Crippen molar-refractivity contribution in [3.8, 4) is 5.75 Å². The normalized spacial score (nSPS) is 13.9. The molecule has 0 aliphatic carbocycles. The summed E-state index contributed by atoms with van der Waals surface area (Å²) in [5.41, 5.74) is 4.68. The summed E-state index contributed by atoms with van der Waals surface area (Å²) in [6, 6.07) is 15.6. The second kappa shape index (κ2) is 10.2. The van der Waals surface area contributed by atoms with Crippen molar-refractivity contribution < 1.29 is 4.74 Å². The zero-order valence-electron chi connectivity index (χ0n) is 17.3. The van der Waals surface area contributed by atoms with Crippen molar-refractivity contribution in [1.82, 2.24) is 15.0 Å². The quantitative estimate of drug-likeness (QED) is 0.369. The number of hydrogen-bond acceptors (Lipinski definition) is 8. The lowest BCUT2D eigenvalue weighted by Crippen LogP contribution is -2.31. The molecule has 0 saturated carbocycles. The minimum absolute atomic E-state index is 0.374. The third kappa shape index (κ3) is 5.69. The molecule has 0 radical (unpaired) electrons. The number of rotatable bonds is 7. The summed E-state index contributed by atoms with van der Waals surface area (Å²) in [7, 11) is 1.63. The van der Waals surface area contributed by atoms with E-state index in [1.807, 2.05) is 48.5 Å². The van der Waals surface area contributed by atoms with Crippen LogP contribution >= 0.6 is 15.9 Å². The SMILES string of the molecule is COc1ccc(Br)cc1/C=N\Nc1nc(Nc2ccccc2)nc(N2CCCCC2)n1. The first-order chi connectivity index (χ1) is 15.2. The zero-order chi connectivity index (χ0) is 21.5. The van der Waals surface area contributed by atoms with Gasteiger partial charge in [0, 0.05) is 28.8 Å². The van der Waals surface area contributed by atoms with Gasteiger partial charge in [0.05, 0.1) is 13.3 Å². The van der Waals surface area contributed by atoms with Gasteiger partial charge in [0.15, 0.2) is 0 Å². The lowest BCUT2D eigenvalue weighted by molar-refractivity contribution is 0.414. The van der Waals surface area contributed by atoms with E-state index in [0.29, 0.717) is 17.8 Å². The second-order valence-corrected chi connectivity index (χ2v) is 7.99. The Morgan fingerprint density at radius 3 is 2.55 bits per heavy atom. The Morgan fingerprint density at radius 2 is 1.77 bits per heavy atom. The molecule has 3 aromatic rings. The molecule has 8 nitrogen and oxygen atoms in total. The Balaban J connectivity index is 1.58. The van der Waals surface area contributed by atoms with Crippen LogP contribution in [0.3, 0.4) is 0 Å². The third-order valence-corrected chi connectivity index (χ3v) is 5.35. The molecule has 160 valence electrons. The van der Waals surface area contributed by atoms with Gasteiger partial charge in [-0.05, 0) is 49.6 Å². The van der Waals surface area contributed by atoms with Crippen LogP contribution in [0.5, 0.6) is 5.75 Å². The summed E-state index contributed by atoms with van der Waals surface area (Å²) >= 11 is 3.47. The maximum absolute atomic E-state index is 5.39. The van der Waals surface area contributed by atoms with Gasteiger partial charge in [-0.3, -0.25) is 0 Å². The molecule has 31 heavy (non-hydrogen) atoms. The van der Waals surface area contributed by atoms with Crippen LogP contribution < -0.4 is 20.4 Å². The van der Waals surface area contributed by atoms with Crippen molar-refractivity contribution in [1.29, 1.82) is 0 Å². The molecule has 1 fully saturated rings. The number of anilines is 4. The smallest absolute Gasteiger partial charge is 0.250 e. The van der Waals surface area contributed by atoms with Gasteiger partial charge >= 0.3 is 0 Å². The maximum Gasteiger partial charge on any atom is 0.250 e. The predicted molar refractivity (Wildman–Crippen MR) is 128 cm³/mol. The number of nitrogens with zero attached hydrogens (tertiary/aromatic N) is 5. The number of piperidine rings is 1. The lowest BCUT2D eigenvalue weighted by Gasteiger charge is -2.26. The maximum atomic E-state index is 5.39. The molecule has 2 aromatic carbocycles. The Morgan fingerprint density at radius 1 is 1.00 bits per heavy atom. The van der Waals surface area contributed by atoms with Crippen molar-refractivity contribution in [2.45, 2.75) is 19.3 Å². The summed E-state index contributed by atoms with van der Waals surface area (Å²) in [6.07, 6.45) is 5.19. The number of aromatic nitrogens is 3. The molecule has 0 atom stereocenters. The number of ether oxygens (including phenoxy) is 1. The summed E-state index contributed by atoms with van der Waals surface area (Å²) in [6.45, 7) is 1.87. The highest BCUT2D eigenvalue weighted by Gasteiger charge is 2.16. The summed E-state index contributed by atoms with van der Waals surface area (Å²) in [5.74, 6) is 2.22. The fraction of sp³-hybridized carbons (Fsp3) is 0.273. The van der Waals surface area contributed by atoms with E-state index in [1.165, 1.54) is 6.42 Å². The van der Waals surface area contributed by atoms with E-state index in [9.17, 15) is 0 Å².